The van der Waals surface area contributed by atoms with Gasteiger partial charge in [-0.3, -0.25) is 4.68 Å². The summed E-state index contributed by atoms with van der Waals surface area (Å²) in [6.45, 7) is 4.90. The van der Waals surface area contributed by atoms with E-state index in [1.54, 1.807) is 0 Å². The van der Waals surface area contributed by atoms with Gasteiger partial charge in [-0.05, 0) is 43.9 Å². The van der Waals surface area contributed by atoms with Crippen LogP contribution < -0.4 is 0 Å². The van der Waals surface area contributed by atoms with Crippen molar-refractivity contribution in [1.82, 2.24) is 9.78 Å². The molecule has 108 valence electrons. The molecule has 1 heterocycles. The van der Waals surface area contributed by atoms with E-state index in [-0.39, 0.29) is 0 Å². The van der Waals surface area contributed by atoms with Crippen molar-refractivity contribution in [2.24, 2.45) is 0 Å². The van der Waals surface area contributed by atoms with Crippen LogP contribution in [0.1, 0.15) is 29.8 Å². The number of hydrogen-bond donors (Lipinski definition) is 0. The summed E-state index contributed by atoms with van der Waals surface area (Å²) in [7, 11) is 0. The van der Waals surface area contributed by atoms with Crippen molar-refractivity contribution in [2.75, 3.05) is 5.33 Å². The van der Waals surface area contributed by atoms with E-state index in [1.807, 2.05) is 11.6 Å². The number of hydrogen-bond acceptors (Lipinski definition) is 1. The number of benzene rings is 1. The molecule has 0 saturated heterocycles. The van der Waals surface area contributed by atoms with Crippen molar-refractivity contribution in [3.05, 3.63) is 50.7 Å². The molecule has 2 aromatic rings. The maximum absolute atomic E-state index is 6.40. The van der Waals surface area contributed by atoms with Gasteiger partial charge in [-0.25, -0.2) is 0 Å². The van der Waals surface area contributed by atoms with Gasteiger partial charge >= 0.3 is 0 Å². The van der Waals surface area contributed by atoms with Crippen molar-refractivity contribution >= 4 is 43.5 Å². The van der Waals surface area contributed by atoms with Gasteiger partial charge in [0, 0.05) is 16.3 Å². The quantitative estimate of drug-likeness (QED) is 0.597. The smallest absolute Gasteiger partial charge is 0.0847 e. The highest BCUT2D eigenvalue weighted by atomic mass is 79.9. The van der Waals surface area contributed by atoms with Crippen LogP contribution in [0.15, 0.2) is 28.7 Å². The molecule has 0 amide bonds. The lowest BCUT2D eigenvalue weighted by Crippen LogP contribution is -2.10. The molecule has 0 bridgehead atoms. The molecular formula is C15H17Br2ClN2. The van der Waals surface area contributed by atoms with Crippen molar-refractivity contribution in [1.29, 1.82) is 0 Å². The molecule has 2 nitrogen and oxygen atoms in total. The molecule has 0 saturated carbocycles. The third kappa shape index (κ3) is 3.46. The Hall–Kier alpha value is -0.320. The summed E-state index contributed by atoms with van der Waals surface area (Å²) >= 11 is 13.5. The predicted molar refractivity (Wildman–Crippen MR) is 92.0 cm³/mol. The lowest BCUT2D eigenvalue weighted by molar-refractivity contribution is 0.597. The van der Waals surface area contributed by atoms with Crippen LogP contribution in [-0.2, 0) is 13.0 Å². The fraction of sp³-hybridized carbons (Fsp3) is 0.400. The Bertz CT molecular complexity index is 578. The first kappa shape index (κ1) is 16.1. The average molecular weight is 421 g/mol. The maximum Gasteiger partial charge on any atom is 0.0847 e. The monoisotopic (exact) mass is 418 g/mol. The van der Waals surface area contributed by atoms with Crippen LogP contribution in [0, 0.1) is 6.92 Å². The summed E-state index contributed by atoms with van der Waals surface area (Å²) in [4.78, 5) is 0. The molecule has 0 radical (unpaired) electrons. The van der Waals surface area contributed by atoms with E-state index < -0.39 is 0 Å². The highest BCUT2D eigenvalue weighted by Gasteiger charge is 2.18. The fourth-order valence-corrected chi connectivity index (χ4v) is 3.37. The molecule has 0 aliphatic rings. The first-order valence-electron chi connectivity index (χ1n) is 6.60. The van der Waals surface area contributed by atoms with Crippen molar-refractivity contribution in [2.45, 2.75) is 32.7 Å². The molecule has 1 atom stereocenters. The molecule has 1 aromatic carbocycles. The predicted octanol–water partition coefficient (Wildman–Crippen LogP) is 5.35. The van der Waals surface area contributed by atoms with E-state index >= 15 is 0 Å². The van der Waals surface area contributed by atoms with Gasteiger partial charge in [-0.2, -0.15) is 5.10 Å². The molecule has 0 N–H and O–H groups in total. The zero-order chi connectivity index (χ0) is 14.7. The van der Waals surface area contributed by atoms with Crippen LogP contribution in [0.2, 0.25) is 5.02 Å². The summed E-state index contributed by atoms with van der Waals surface area (Å²) in [5.41, 5.74) is 3.34. The number of aromatic nitrogens is 2. The Morgan fingerprint density at radius 1 is 1.30 bits per heavy atom. The van der Waals surface area contributed by atoms with E-state index in [2.05, 4.69) is 68.1 Å². The first-order chi connectivity index (χ1) is 9.56. The lowest BCUT2D eigenvalue weighted by atomic mass is 9.96. The highest BCUT2D eigenvalue weighted by molar-refractivity contribution is 9.10. The number of alkyl halides is 1. The van der Waals surface area contributed by atoms with Crippen molar-refractivity contribution < 1.29 is 0 Å². The van der Waals surface area contributed by atoms with E-state index in [1.165, 1.54) is 5.56 Å². The van der Waals surface area contributed by atoms with E-state index in [4.69, 9.17) is 11.6 Å². The molecule has 0 aliphatic heterocycles. The van der Waals surface area contributed by atoms with Crippen LogP contribution in [0.3, 0.4) is 0 Å². The maximum atomic E-state index is 6.40. The van der Waals surface area contributed by atoms with Gasteiger partial charge < -0.3 is 0 Å². The summed E-state index contributed by atoms with van der Waals surface area (Å²) < 4.78 is 3.11. The first-order valence-corrected chi connectivity index (χ1v) is 8.89. The summed E-state index contributed by atoms with van der Waals surface area (Å²) in [6, 6.07) is 8.47. The molecule has 1 aromatic heterocycles. The van der Waals surface area contributed by atoms with Crippen LogP contribution in [0.5, 0.6) is 0 Å². The Labute approximate surface area is 141 Å². The average Bonchev–Trinajstić information content (AvgIpc) is 2.73. The molecular weight excluding hydrogens is 403 g/mol. The molecule has 0 aliphatic carbocycles. The molecule has 20 heavy (non-hydrogen) atoms. The Morgan fingerprint density at radius 3 is 2.50 bits per heavy atom. The summed E-state index contributed by atoms with van der Waals surface area (Å²) in [5.74, 6) is 0.391. The molecule has 0 spiro atoms. The summed E-state index contributed by atoms with van der Waals surface area (Å²) in [6.07, 6.45) is 0.889. The van der Waals surface area contributed by atoms with Crippen molar-refractivity contribution in [3.8, 4) is 0 Å². The van der Waals surface area contributed by atoms with E-state index in [0.29, 0.717) is 5.92 Å². The normalized spacial score (nSPS) is 12.7. The second-order valence-electron chi connectivity index (χ2n) is 4.77. The highest BCUT2D eigenvalue weighted by Crippen LogP contribution is 2.29. The minimum Gasteiger partial charge on any atom is -0.268 e. The number of rotatable bonds is 5. The largest absolute Gasteiger partial charge is 0.268 e. The van der Waals surface area contributed by atoms with Gasteiger partial charge in [0.05, 0.1) is 16.4 Å². The van der Waals surface area contributed by atoms with Crippen LogP contribution in [0.4, 0.5) is 0 Å². The Morgan fingerprint density at radius 2 is 1.95 bits per heavy atom. The fourth-order valence-electron chi connectivity index (χ4n) is 2.29. The number of halogens is 3. The molecule has 2 rings (SSSR count). The number of nitrogens with zero attached hydrogens (tertiary/aromatic N) is 2. The van der Waals surface area contributed by atoms with Gasteiger partial charge in [-0.15, -0.1) is 0 Å². The third-order valence-corrected chi connectivity index (χ3v) is 5.22. The third-order valence-electron chi connectivity index (χ3n) is 3.42. The zero-order valence-electron chi connectivity index (χ0n) is 11.5. The number of aryl methyl sites for hydroxylation is 2. The molecule has 5 heteroatoms. The van der Waals surface area contributed by atoms with E-state index in [9.17, 15) is 0 Å². The van der Waals surface area contributed by atoms with Gasteiger partial charge in [0.15, 0.2) is 0 Å². The van der Waals surface area contributed by atoms with Gasteiger partial charge in [0.25, 0.3) is 0 Å². The zero-order valence-corrected chi connectivity index (χ0v) is 15.5. The topological polar surface area (TPSA) is 17.8 Å². The van der Waals surface area contributed by atoms with Crippen LogP contribution in [-0.4, -0.2) is 15.1 Å². The van der Waals surface area contributed by atoms with Gasteiger partial charge in [0.1, 0.15) is 0 Å². The second kappa shape index (κ2) is 7.10. The van der Waals surface area contributed by atoms with Gasteiger partial charge in [-0.1, -0.05) is 55.6 Å². The lowest BCUT2D eigenvalue weighted by Gasteiger charge is -2.16. The summed E-state index contributed by atoms with van der Waals surface area (Å²) in [5, 5.41) is 6.19. The second-order valence-corrected chi connectivity index (χ2v) is 6.71. The minimum atomic E-state index is 0.391. The molecule has 1 unspecified atom stereocenters. The van der Waals surface area contributed by atoms with Crippen LogP contribution in [0.25, 0.3) is 0 Å². The van der Waals surface area contributed by atoms with Crippen LogP contribution >= 0.6 is 43.5 Å². The Balaban J connectivity index is 2.28. The minimum absolute atomic E-state index is 0.391. The van der Waals surface area contributed by atoms with E-state index in [0.717, 1.165) is 39.2 Å². The molecule has 0 fully saturated rings. The van der Waals surface area contributed by atoms with Crippen molar-refractivity contribution in [3.63, 3.8) is 0 Å². The van der Waals surface area contributed by atoms with Gasteiger partial charge in [0.2, 0.25) is 0 Å². The SMILES string of the molecule is CCn1nc(C)c(Cl)c1CC(CBr)c1ccc(Br)cc1. The standard InChI is InChI=1S/C15H17Br2ClN2/c1-3-20-14(15(18)10(2)19-20)8-12(9-16)11-4-6-13(17)7-5-11/h4-7,12H,3,8-9H2,1-2H3. The Kier molecular flexibility index (Phi) is 5.70.